The van der Waals surface area contributed by atoms with Crippen molar-refractivity contribution in [2.24, 2.45) is 5.92 Å². The van der Waals surface area contributed by atoms with E-state index in [0.29, 0.717) is 6.61 Å². The number of hydrogen-bond donors (Lipinski definition) is 0. The minimum absolute atomic E-state index is 0.0147. The molecule has 1 rings (SSSR count). The summed E-state index contributed by atoms with van der Waals surface area (Å²) >= 11 is 0. The first-order chi connectivity index (χ1) is 5.94. The smallest absolute Gasteiger partial charge is 0.312 e. The number of esters is 1. The summed E-state index contributed by atoms with van der Waals surface area (Å²) in [4.78, 5) is 11.4. The van der Waals surface area contributed by atoms with Crippen molar-refractivity contribution < 1.29 is 14.3 Å². The summed E-state index contributed by atoms with van der Waals surface area (Å²) in [6.07, 6.45) is 0.933. The molecule has 0 saturated heterocycles. The largest absolute Gasteiger partial charge is 0.460 e. The van der Waals surface area contributed by atoms with Gasteiger partial charge < -0.3 is 9.47 Å². The second-order valence-corrected chi connectivity index (χ2v) is 4.37. The Bertz CT molecular complexity index is 193. The van der Waals surface area contributed by atoms with Crippen LogP contribution in [-0.4, -0.2) is 24.3 Å². The second-order valence-electron chi connectivity index (χ2n) is 4.37. The molecular formula is C10H18O3. The molecule has 0 aromatic rings. The molecule has 3 nitrogen and oxygen atoms in total. The Morgan fingerprint density at radius 1 is 1.46 bits per heavy atom. The number of carbonyl (C=O) groups excluding carboxylic acids is 1. The Kier molecular flexibility index (Phi) is 2.96. The number of hydrogen-bond acceptors (Lipinski definition) is 3. The zero-order valence-corrected chi connectivity index (χ0v) is 8.79. The molecule has 0 aliphatic heterocycles. The number of rotatable bonds is 3. The molecule has 0 spiro atoms. The van der Waals surface area contributed by atoms with Gasteiger partial charge in [-0.2, -0.15) is 0 Å². The molecular weight excluding hydrogens is 168 g/mol. The lowest BCUT2D eigenvalue weighted by atomic mass is 10.2. The lowest BCUT2D eigenvalue weighted by Gasteiger charge is -2.19. The van der Waals surface area contributed by atoms with Crippen LogP contribution in [0.1, 0.15) is 34.1 Å². The van der Waals surface area contributed by atoms with Crippen molar-refractivity contribution in [3.63, 3.8) is 0 Å². The summed E-state index contributed by atoms with van der Waals surface area (Å²) in [5.41, 5.74) is -0.379. The zero-order chi connectivity index (χ0) is 10.1. The van der Waals surface area contributed by atoms with E-state index in [-0.39, 0.29) is 23.6 Å². The molecule has 1 saturated carbocycles. The molecule has 3 heteroatoms. The molecule has 0 radical (unpaired) electrons. The van der Waals surface area contributed by atoms with Crippen molar-refractivity contribution in [1.82, 2.24) is 0 Å². The highest BCUT2D eigenvalue weighted by atomic mass is 16.6. The van der Waals surface area contributed by atoms with E-state index in [1.54, 1.807) is 0 Å². The van der Waals surface area contributed by atoms with E-state index >= 15 is 0 Å². The Morgan fingerprint density at radius 3 is 2.54 bits per heavy atom. The van der Waals surface area contributed by atoms with Crippen molar-refractivity contribution in [2.75, 3.05) is 6.61 Å². The predicted octanol–water partition coefficient (Wildman–Crippen LogP) is 1.75. The highest BCUT2D eigenvalue weighted by Crippen LogP contribution is 2.35. The molecule has 1 aliphatic rings. The minimum atomic E-state index is -0.379. The van der Waals surface area contributed by atoms with E-state index in [4.69, 9.17) is 9.47 Å². The molecule has 0 heterocycles. The highest BCUT2D eigenvalue weighted by molar-refractivity contribution is 5.76. The summed E-state index contributed by atoms with van der Waals surface area (Å²) in [5, 5.41) is 0. The van der Waals surface area contributed by atoms with Crippen molar-refractivity contribution in [1.29, 1.82) is 0 Å². The monoisotopic (exact) mass is 186 g/mol. The molecule has 0 aromatic heterocycles. The normalized spacial score (nSPS) is 27.1. The van der Waals surface area contributed by atoms with Crippen LogP contribution < -0.4 is 0 Å². The van der Waals surface area contributed by atoms with Gasteiger partial charge in [-0.1, -0.05) is 0 Å². The van der Waals surface area contributed by atoms with Crippen LogP contribution in [0.2, 0.25) is 0 Å². The average molecular weight is 186 g/mol. The van der Waals surface area contributed by atoms with Crippen molar-refractivity contribution in [2.45, 2.75) is 45.8 Å². The molecule has 0 bridgehead atoms. The second kappa shape index (κ2) is 3.66. The van der Waals surface area contributed by atoms with Gasteiger partial charge in [0.15, 0.2) is 0 Å². The quantitative estimate of drug-likeness (QED) is 0.630. The fraction of sp³-hybridized carbons (Fsp3) is 0.900. The van der Waals surface area contributed by atoms with E-state index in [0.717, 1.165) is 6.42 Å². The summed E-state index contributed by atoms with van der Waals surface area (Å²) < 4.78 is 10.5. The predicted molar refractivity (Wildman–Crippen MR) is 49.4 cm³/mol. The van der Waals surface area contributed by atoms with Gasteiger partial charge in [-0.15, -0.1) is 0 Å². The van der Waals surface area contributed by atoms with Crippen LogP contribution >= 0.6 is 0 Å². The fourth-order valence-corrected chi connectivity index (χ4v) is 1.20. The van der Waals surface area contributed by atoms with E-state index in [1.165, 1.54) is 0 Å². The average Bonchev–Trinajstić information content (AvgIpc) is 2.64. The van der Waals surface area contributed by atoms with Gasteiger partial charge in [-0.25, -0.2) is 0 Å². The lowest BCUT2D eigenvalue weighted by molar-refractivity contribution is -0.157. The molecule has 0 aromatic carbocycles. The Morgan fingerprint density at radius 2 is 2.08 bits per heavy atom. The summed E-state index contributed by atoms with van der Waals surface area (Å²) in [5.74, 6) is -0.134. The lowest BCUT2D eigenvalue weighted by Crippen LogP contribution is -2.25. The molecule has 0 N–H and O–H groups in total. The van der Waals surface area contributed by atoms with Gasteiger partial charge >= 0.3 is 5.97 Å². The Labute approximate surface area is 79.4 Å². The van der Waals surface area contributed by atoms with Crippen molar-refractivity contribution in [3.05, 3.63) is 0 Å². The molecule has 2 unspecified atom stereocenters. The van der Waals surface area contributed by atoms with Gasteiger partial charge in [0.25, 0.3) is 0 Å². The van der Waals surface area contributed by atoms with Crippen LogP contribution in [0.3, 0.4) is 0 Å². The Hall–Kier alpha value is -0.570. The Balaban J connectivity index is 2.28. The fourth-order valence-electron chi connectivity index (χ4n) is 1.20. The van der Waals surface area contributed by atoms with Crippen molar-refractivity contribution in [3.8, 4) is 0 Å². The van der Waals surface area contributed by atoms with Gasteiger partial charge in [-0.3, -0.25) is 4.79 Å². The van der Waals surface area contributed by atoms with E-state index in [9.17, 15) is 4.79 Å². The summed E-state index contributed by atoms with van der Waals surface area (Å²) in [7, 11) is 0. The highest BCUT2D eigenvalue weighted by Gasteiger charge is 2.46. The minimum Gasteiger partial charge on any atom is -0.460 e. The summed E-state index contributed by atoms with van der Waals surface area (Å²) in [6, 6.07) is 0. The van der Waals surface area contributed by atoms with Gasteiger partial charge in [0.05, 0.1) is 12.0 Å². The summed E-state index contributed by atoms with van der Waals surface area (Å²) in [6.45, 7) is 8.24. The van der Waals surface area contributed by atoms with Crippen LogP contribution in [0, 0.1) is 5.92 Å². The maximum atomic E-state index is 11.4. The van der Waals surface area contributed by atoms with Crippen LogP contribution in [0.4, 0.5) is 0 Å². The van der Waals surface area contributed by atoms with Gasteiger partial charge in [0.2, 0.25) is 0 Å². The third-order valence-corrected chi connectivity index (χ3v) is 1.82. The van der Waals surface area contributed by atoms with E-state index in [1.807, 2.05) is 27.7 Å². The zero-order valence-electron chi connectivity index (χ0n) is 8.79. The first-order valence-corrected chi connectivity index (χ1v) is 4.78. The topological polar surface area (TPSA) is 35.5 Å². The van der Waals surface area contributed by atoms with E-state index < -0.39 is 0 Å². The van der Waals surface area contributed by atoms with Crippen LogP contribution in [0.5, 0.6) is 0 Å². The number of ether oxygens (including phenoxy) is 2. The van der Waals surface area contributed by atoms with Crippen LogP contribution in [0.15, 0.2) is 0 Å². The molecule has 1 aliphatic carbocycles. The third-order valence-electron chi connectivity index (χ3n) is 1.82. The van der Waals surface area contributed by atoms with E-state index in [2.05, 4.69) is 0 Å². The van der Waals surface area contributed by atoms with Gasteiger partial charge in [0.1, 0.15) is 5.60 Å². The third kappa shape index (κ3) is 3.35. The van der Waals surface area contributed by atoms with Crippen molar-refractivity contribution >= 4 is 5.97 Å². The van der Waals surface area contributed by atoms with Crippen LogP contribution in [-0.2, 0) is 14.3 Å². The first-order valence-electron chi connectivity index (χ1n) is 4.78. The first kappa shape index (κ1) is 10.5. The molecule has 2 atom stereocenters. The maximum Gasteiger partial charge on any atom is 0.312 e. The van der Waals surface area contributed by atoms with Gasteiger partial charge in [-0.05, 0) is 34.1 Å². The van der Waals surface area contributed by atoms with Gasteiger partial charge in [0, 0.05) is 6.61 Å². The molecule has 1 fully saturated rings. The molecule has 0 amide bonds. The number of carbonyl (C=O) groups is 1. The SMILES string of the molecule is CCOC1CC1C(=O)OC(C)(C)C. The molecule has 13 heavy (non-hydrogen) atoms. The standard InChI is InChI=1S/C10H18O3/c1-5-12-8-6-7(8)9(11)13-10(2,3)4/h7-8H,5-6H2,1-4H3. The maximum absolute atomic E-state index is 11.4. The van der Waals surface area contributed by atoms with Crippen LogP contribution in [0.25, 0.3) is 0 Å². The molecule has 76 valence electrons.